The summed E-state index contributed by atoms with van der Waals surface area (Å²) in [5.41, 5.74) is 1.32. The Hall–Kier alpha value is -1.51. The van der Waals surface area contributed by atoms with Gasteiger partial charge in [0, 0.05) is 1.43 Å². The number of hydrogen-bond acceptors (Lipinski definition) is 2. The summed E-state index contributed by atoms with van der Waals surface area (Å²) < 4.78 is 4.40. The van der Waals surface area contributed by atoms with Crippen LogP contribution in [-0.4, -0.2) is 19.2 Å². The molecule has 1 aromatic carbocycles. The van der Waals surface area contributed by atoms with Gasteiger partial charge in [-0.15, -0.1) is 0 Å². The smallest absolute Gasteiger partial charge is 0.407 e. The number of rotatable bonds is 0. The summed E-state index contributed by atoms with van der Waals surface area (Å²) in [6, 6.07) is 10.3. The van der Waals surface area contributed by atoms with Crippen molar-refractivity contribution in [3.63, 3.8) is 0 Å². The highest BCUT2D eigenvalue weighted by atomic mass is 16.6. The van der Waals surface area contributed by atoms with Crippen LogP contribution in [0.3, 0.4) is 0 Å². The third-order valence-electron chi connectivity index (χ3n) is 1.55. The highest BCUT2D eigenvalue weighted by Gasteiger charge is 2.06. The second-order valence-corrected chi connectivity index (χ2v) is 2.72. The molecule has 0 aliphatic carbocycles. The van der Waals surface area contributed by atoms with E-state index in [0.29, 0.717) is 13.2 Å². The van der Waals surface area contributed by atoms with Gasteiger partial charge in [0.1, 0.15) is 6.61 Å². The Labute approximate surface area is 79.2 Å². The fraction of sp³-hybridized carbons (Fsp3) is 0.300. The molecule has 1 N–H and O–H groups in total. The lowest BCUT2D eigenvalue weighted by atomic mass is 10.2. The van der Waals surface area contributed by atoms with Gasteiger partial charge in [-0.05, 0) is 6.92 Å². The molecule has 0 atom stereocenters. The van der Waals surface area contributed by atoms with Gasteiger partial charge in [-0.2, -0.15) is 0 Å². The van der Waals surface area contributed by atoms with E-state index in [1.165, 1.54) is 5.56 Å². The van der Waals surface area contributed by atoms with Crippen molar-refractivity contribution in [2.24, 2.45) is 0 Å². The summed E-state index contributed by atoms with van der Waals surface area (Å²) in [7, 11) is 0. The Kier molecular flexibility index (Phi) is 3.82. The predicted octanol–water partition coefficient (Wildman–Crippen LogP) is 1.97. The fourth-order valence-electron chi connectivity index (χ4n) is 0.882. The molecule has 1 aliphatic heterocycles. The number of alkyl carbamates (subject to hydrolysis) is 1. The molecule has 0 unspecified atom stereocenters. The van der Waals surface area contributed by atoms with Crippen molar-refractivity contribution in [1.82, 2.24) is 5.32 Å². The van der Waals surface area contributed by atoms with E-state index in [9.17, 15) is 4.79 Å². The topological polar surface area (TPSA) is 38.3 Å². The van der Waals surface area contributed by atoms with Crippen molar-refractivity contribution in [3.05, 3.63) is 35.9 Å². The lowest BCUT2D eigenvalue weighted by molar-refractivity contribution is 0.178. The molecule has 0 saturated carbocycles. The fourth-order valence-corrected chi connectivity index (χ4v) is 0.882. The second-order valence-electron chi connectivity index (χ2n) is 2.72. The average Bonchev–Trinajstić information content (AvgIpc) is 2.58. The number of carbonyl (C=O) groups is 1. The van der Waals surface area contributed by atoms with E-state index >= 15 is 0 Å². The van der Waals surface area contributed by atoms with Crippen LogP contribution in [0.5, 0.6) is 0 Å². The molecule has 0 bridgehead atoms. The number of cyclic esters (lactones) is 1. The highest BCUT2D eigenvalue weighted by Crippen LogP contribution is 1.92. The average molecular weight is 181 g/mol. The Morgan fingerprint density at radius 3 is 2.31 bits per heavy atom. The number of hydrogen-bond donors (Lipinski definition) is 1. The zero-order valence-corrected chi connectivity index (χ0v) is 7.62. The van der Waals surface area contributed by atoms with Crippen LogP contribution in [-0.2, 0) is 4.74 Å². The van der Waals surface area contributed by atoms with Crippen LogP contribution in [0.15, 0.2) is 30.3 Å². The summed E-state index contributed by atoms with van der Waals surface area (Å²) in [5.74, 6) is 0. The van der Waals surface area contributed by atoms with Crippen molar-refractivity contribution in [2.45, 2.75) is 6.92 Å². The number of ether oxygens (including phenoxy) is 1. The van der Waals surface area contributed by atoms with Gasteiger partial charge in [0.15, 0.2) is 0 Å². The SMILES string of the molecule is Cc1ccccc1.O=C1NCCO1.[HH]. The van der Waals surface area contributed by atoms with E-state index in [1.807, 2.05) is 18.2 Å². The molecule has 1 fully saturated rings. The van der Waals surface area contributed by atoms with Gasteiger partial charge in [-0.25, -0.2) is 4.79 Å². The van der Waals surface area contributed by atoms with Gasteiger partial charge < -0.3 is 10.1 Å². The van der Waals surface area contributed by atoms with Crippen molar-refractivity contribution >= 4 is 6.09 Å². The van der Waals surface area contributed by atoms with Crippen LogP contribution >= 0.6 is 0 Å². The maximum absolute atomic E-state index is 9.91. The van der Waals surface area contributed by atoms with Crippen molar-refractivity contribution in [2.75, 3.05) is 13.2 Å². The monoisotopic (exact) mass is 181 g/mol. The van der Waals surface area contributed by atoms with Crippen LogP contribution in [0, 0.1) is 6.92 Å². The Morgan fingerprint density at radius 2 is 2.08 bits per heavy atom. The van der Waals surface area contributed by atoms with E-state index in [1.54, 1.807) is 0 Å². The quantitative estimate of drug-likeness (QED) is 0.664. The summed E-state index contributed by atoms with van der Waals surface area (Å²) in [6.45, 7) is 3.28. The predicted molar refractivity (Wildman–Crippen MR) is 52.6 cm³/mol. The molecule has 1 heterocycles. The minimum atomic E-state index is -0.296. The normalized spacial score (nSPS) is 13.8. The van der Waals surface area contributed by atoms with Gasteiger partial charge in [0.2, 0.25) is 0 Å². The van der Waals surface area contributed by atoms with Crippen molar-refractivity contribution < 1.29 is 11.0 Å². The third-order valence-corrected chi connectivity index (χ3v) is 1.55. The van der Waals surface area contributed by atoms with E-state index in [0.717, 1.165) is 0 Å². The number of benzene rings is 1. The maximum Gasteiger partial charge on any atom is 0.407 e. The van der Waals surface area contributed by atoms with E-state index in [2.05, 4.69) is 29.1 Å². The first kappa shape index (κ1) is 9.58. The first-order valence-corrected chi connectivity index (χ1v) is 4.21. The zero-order valence-electron chi connectivity index (χ0n) is 7.62. The third kappa shape index (κ3) is 4.15. The number of nitrogens with one attached hydrogen (secondary N) is 1. The molecular weight excluding hydrogens is 166 g/mol. The lowest BCUT2D eigenvalue weighted by Crippen LogP contribution is -2.11. The standard InChI is InChI=1S/C7H8.C3H5NO2.H2/c1-7-5-3-2-4-6-7;5-3-4-1-2-6-3;/h2-6H,1H3;1-2H2,(H,4,5);1H. The molecule has 2 rings (SSSR count). The summed E-state index contributed by atoms with van der Waals surface area (Å²) in [4.78, 5) is 9.91. The molecule has 3 nitrogen and oxygen atoms in total. The van der Waals surface area contributed by atoms with E-state index < -0.39 is 0 Å². The van der Waals surface area contributed by atoms with Crippen molar-refractivity contribution in [1.29, 1.82) is 0 Å². The van der Waals surface area contributed by atoms with Crippen LogP contribution in [0.4, 0.5) is 4.79 Å². The Bertz CT molecular complexity index is 256. The molecule has 0 aromatic heterocycles. The first-order valence-electron chi connectivity index (χ1n) is 4.21. The molecular formula is C10H15NO2. The maximum atomic E-state index is 9.91. The van der Waals surface area contributed by atoms with Gasteiger partial charge in [0.25, 0.3) is 0 Å². The van der Waals surface area contributed by atoms with Crippen LogP contribution in [0.25, 0.3) is 0 Å². The molecule has 1 aromatic rings. The summed E-state index contributed by atoms with van der Waals surface area (Å²) in [6.07, 6.45) is -0.296. The minimum absolute atomic E-state index is 0. The van der Waals surface area contributed by atoms with Gasteiger partial charge in [-0.3, -0.25) is 0 Å². The summed E-state index contributed by atoms with van der Waals surface area (Å²) >= 11 is 0. The van der Waals surface area contributed by atoms with Gasteiger partial charge in [-0.1, -0.05) is 35.9 Å². The molecule has 3 heteroatoms. The molecule has 1 saturated heterocycles. The summed E-state index contributed by atoms with van der Waals surface area (Å²) in [5, 5.41) is 2.46. The largest absolute Gasteiger partial charge is 0.448 e. The number of aryl methyl sites for hydroxylation is 1. The molecule has 1 aliphatic rings. The molecule has 1 amide bonds. The van der Waals surface area contributed by atoms with Crippen molar-refractivity contribution in [3.8, 4) is 0 Å². The Morgan fingerprint density at radius 1 is 1.38 bits per heavy atom. The van der Waals surface area contributed by atoms with Gasteiger partial charge in [0.05, 0.1) is 6.54 Å². The Balaban J connectivity index is 0.000000227. The molecule has 0 radical (unpaired) electrons. The van der Waals surface area contributed by atoms with E-state index in [-0.39, 0.29) is 7.52 Å². The lowest BCUT2D eigenvalue weighted by Gasteiger charge is -1.82. The van der Waals surface area contributed by atoms with Gasteiger partial charge >= 0.3 is 6.09 Å². The first-order chi connectivity index (χ1) is 6.29. The second kappa shape index (κ2) is 5.19. The molecule has 72 valence electrons. The number of amides is 1. The van der Waals surface area contributed by atoms with Crippen LogP contribution in [0.2, 0.25) is 0 Å². The molecule has 13 heavy (non-hydrogen) atoms. The molecule has 0 spiro atoms. The minimum Gasteiger partial charge on any atom is -0.448 e. The van der Waals surface area contributed by atoms with Crippen LogP contribution in [0.1, 0.15) is 6.99 Å². The number of carbonyl (C=O) groups excluding carboxylic acids is 1. The van der Waals surface area contributed by atoms with E-state index in [4.69, 9.17) is 0 Å². The van der Waals surface area contributed by atoms with Crippen LogP contribution < -0.4 is 5.32 Å². The highest BCUT2D eigenvalue weighted by molar-refractivity contribution is 5.68. The zero-order chi connectivity index (χ0) is 9.52.